The Morgan fingerprint density at radius 3 is 2.67 bits per heavy atom. The van der Waals surface area contributed by atoms with E-state index in [0.717, 1.165) is 25.2 Å². The molecular weight excluding hydrogens is 317 g/mol. The molecule has 1 atom stereocenters. The lowest BCUT2D eigenvalue weighted by Crippen LogP contribution is -2.41. The molecular formula is C18H21F3N2O. The number of carbonyl (C=O) groups is 1. The average molecular weight is 338 g/mol. The van der Waals surface area contributed by atoms with Gasteiger partial charge < -0.3 is 5.32 Å². The Morgan fingerprint density at radius 2 is 2.08 bits per heavy atom. The zero-order chi connectivity index (χ0) is 17.7. The van der Waals surface area contributed by atoms with Crippen LogP contribution in [-0.2, 0) is 11.0 Å². The molecule has 6 heteroatoms. The van der Waals surface area contributed by atoms with Gasteiger partial charge in [-0.25, -0.2) is 0 Å². The molecule has 0 unspecified atom stereocenters. The SMILES string of the molecule is C#CCN1CCC(C(=O)N[C@H](C)c2cccc(C(F)(F)F)c2)CC1. The van der Waals surface area contributed by atoms with Crippen LogP contribution in [0.15, 0.2) is 24.3 Å². The fourth-order valence-corrected chi connectivity index (χ4v) is 2.88. The van der Waals surface area contributed by atoms with E-state index in [1.165, 1.54) is 6.07 Å². The first kappa shape index (κ1) is 18.3. The van der Waals surface area contributed by atoms with Crippen LogP contribution in [0.25, 0.3) is 0 Å². The van der Waals surface area contributed by atoms with E-state index in [2.05, 4.69) is 16.1 Å². The predicted octanol–water partition coefficient (Wildman–Crippen LogP) is 3.23. The van der Waals surface area contributed by atoms with E-state index in [0.29, 0.717) is 24.9 Å². The molecule has 130 valence electrons. The first-order valence-electron chi connectivity index (χ1n) is 7.94. The number of amides is 1. The molecule has 2 rings (SSSR count). The number of piperidine rings is 1. The van der Waals surface area contributed by atoms with E-state index in [9.17, 15) is 18.0 Å². The van der Waals surface area contributed by atoms with Crippen molar-refractivity contribution in [2.75, 3.05) is 19.6 Å². The van der Waals surface area contributed by atoms with Gasteiger partial charge in [0, 0.05) is 5.92 Å². The number of hydrogen-bond acceptors (Lipinski definition) is 2. The molecule has 1 aromatic rings. The van der Waals surface area contributed by atoms with Gasteiger partial charge in [0.15, 0.2) is 0 Å². The van der Waals surface area contributed by atoms with Crippen molar-refractivity contribution in [3.63, 3.8) is 0 Å². The van der Waals surface area contributed by atoms with Gasteiger partial charge >= 0.3 is 6.18 Å². The summed E-state index contributed by atoms with van der Waals surface area (Å²) < 4.78 is 38.3. The Labute approximate surface area is 140 Å². The molecule has 0 saturated carbocycles. The molecule has 0 bridgehead atoms. The third-order valence-electron chi connectivity index (χ3n) is 4.35. The molecule has 1 aliphatic heterocycles. The Kier molecular flexibility index (Phi) is 5.89. The molecule has 1 saturated heterocycles. The number of nitrogens with one attached hydrogen (secondary N) is 1. The molecule has 0 radical (unpaired) electrons. The Hall–Kier alpha value is -2.00. The van der Waals surface area contributed by atoms with E-state index in [1.54, 1.807) is 13.0 Å². The van der Waals surface area contributed by atoms with E-state index in [4.69, 9.17) is 6.42 Å². The Balaban J connectivity index is 1.94. The third kappa shape index (κ3) is 4.75. The second-order valence-corrected chi connectivity index (χ2v) is 6.11. The maximum atomic E-state index is 12.8. The molecule has 1 fully saturated rings. The number of likely N-dealkylation sites (tertiary alicyclic amines) is 1. The average Bonchev–Trinajstić information content (AvgIpc) is 2.55. The number of terminal acetylenes is 1. The highest BCUT2D eigenvalue weighted by atomic mass is 19.4. The first-order chi connectivity index (χ1) is 11.3. The first-order valence-corrected chi connectivity index (χ1v) is 7.94. The van der Waals surface area contributed by atoms with Crippen molar-refractivity contribution in [2.24, 2.45) is 5.92 Å². The van der Waals surface area contributed by atoms with E-state index >= 15 is 0 Å². The van der Waals surface area contributed by atoms with Crippen LogP contribution in [0, 0.1) is 18.3 Å². The molecule has 1 aliphatic rings. The van der Waals surface area contributed by atoms with Crippen molar-refractivity contribution in [3.8, 4) is 12.3 Å². The predicted molar refractivity (Wildman–Crippen MR) is 86.0 cm³/mol. The van der Waals surface area contributed by atoms with Crippen molar-refractivity contribution in [1.29, 1.82) is 0 Å². The summed E-state index contributed by atoms with van der Waals surface area (Å²) in [5.41, 5.74) is -0.258. The smallest absolute Gasteiger partial charge is 0.349 e. The number of rotatable bonds is 4. The Morgan fingerprint density at radius 1 is 1.42 bits per heavy atom. The number of alkyl halides is 3. The third-order valence-corrected chi connectivity index (χ3v) is 4.35. The molecule has 1 heterocycles. The van der Waals surface area contributed by atoms with Gasteiger partial charge in [0.2, 0.25) is 5.91 Å². The van der Waals surface area contributed by atoms with Gasteiger partial charge in [-0.3, -0.25) is 9.69 Å². The summed E-state index contributed by atoms with van der Waals surface area (Å²) in [6, 6.07) is 4.60. The summed E-state index contributed by atoms with van der Waals surface area (Å²) in [5, 5.41) is 2.83. The van der Waals surface area contributed by atoms with Gasteiger partial charge in [-0.05, 0) is 50.6 Å². The van der Waals surface area contributed by atoms with Crippen molar-refractivity contribution in [2.45, 2.75) is 32.0 Å². The van der Waals surface area contributed by atoms with Crippen molar-refractivity contribution < 1.29 is 18.0 Å². The largest absolute Gasteiger partial charge is 0.416 e. The van der Waals surface area contributed by atoms with E-state index in [1.807, 2.05) is 0 Å². The van der Waals surface area contributed by atoms with Gasteiger partial charge in [-0.2, -0.15) is 13.2 Å². The molecule has 0 aliphatic carbocycles. The summed E-state index contributed by atoms with van der Waals surface area (Å²) in [5.74, 6) is 2.36. The van der Waals surface area contributed by atoms with Crippen LogP contribution in [0.4, 0.5) is 13.2 Å². The zero-order valence-electron chi connectivity index (χ0n) is 13.6. The minimum Gasteiger partial charge on any atom is -0.349 e. The highest BCUT2D eigenvalue weighted by molar-refractivity contribution is 5.79. The van der Waals surface area contributed by atoms with Gasteiger partial charge in [0.25, 0.3) is 0 Å². The van der Waals surface area contributed by atoms with Crippen LogP contribution in [0.1, 0.15) is 36.9 Å². The number of benzene rings is 1. The van der Waals surface area contributed by atoms with Gasteiger partial charge in [0.05, 0.1) is 18.2 Å². The maximum Gasteiger partial charge on any atom is 0.416 e. The minimum atomic E-state index is -4.39. The van der Waals surface area contributed by atoms with Crippen molar-refractivity contribution in [1.82, 2.24) is 10.2 Å². The second-order valence-electron chi connectivity index (χ2n) is 6.11. The maximum absolute atomic E-state index is 12.8. The second kappa shape index (κ2) is 7.71. The molecule has 0 spiro atoms. The van der Waals surface area contributed by atoms with Gasteiger partial charge in [-0.1, -0.05) is 18.1 Å². The molecule has 1 aromatic carbocycles. The number of hydrogen-bond donors (Lipinski definition) is 1. The summed E-state index contributed by atoms with van der Waals surface area (Å²) in [7, 11) is 0. The molecule has 0 aromatic heterocycles. The normalized spacial score (nSPS) is 18.0. The molecule has 1 amide bonds. The zero-order valence-corrected chi connectivity index (χ0v) is 13.6. The number of carbonyl (C=O) groups excluding carboxylic acids is 1. The topological polar surface area (TPSA) is 32.3 Å². The monoisotopic (exact) mass is 338 g/mol. The van der Waals surface area contributed by atoms with E-state index < -0.39 is 17.8 Å². The standard InChI is InChI=1S/C18H21F3N2O/c1-3-9-23-10-7-14(8-11-23)17(24)22-13(2)15-5-4-6-16(12-15)18(19,20)21/h1,4-6,12-14H,7-11H2,2H3,(H,22,24)/t13-/m1/s1. The highest BCUT2D eigenvalue weighted by Gasteiger charge is 2.31. The summed E-state index contributed by atoms with van der Waals surface area (Å²) in [6.07, 6.45) is 2.31. The van der Waals surface area contributed by atoms with Crippen LogP contribution < -0.4 is 5.32 Å². The van der Waals surface area contributed by atoms with Crippen molar-refractivity contribution in [3.05, 3.63) is 35.4 Å². The number of halogens is 3. The highest BCUT2D eigenvalue weighted by Crippen LogP contribution is 2.30. The summed E-state index contributed by atoms with van der Waals surface area (Å²) in [6.45, 7) is 3.80. The lowest BCUT2D eigenvalue weighted by molar-refractivity contribution is -0.137. The van der Waals surface area contributed by atoms with Crippen LogP contribution >= 0.6 is 0 Å². The lowest BCUT2D eigenvalue weighted by atomic mass is 9.95. The van der Waals surface area contributed by atoms with E-state index in [-0.39, 0.29) is 11.8 Å². The lowest BCUT2D eigenvalue weighted by Gasteiger charge is -2.30. The van der Waals surface area contributed by atoms with Gasteiger partial charge in [-0.15, -0.1) is 6.42 Å². The number of nitrogens with zero attached hydrogens (tertiary/aromatic N) is 1. The van der Waals surface area contributed by atoms with Crippen LogP contribution in [0.2, 0.25) is 0 Å². The Bertz CT molecular complexity index is 613. The molecule has 3 nitrogen and oxygen atoms in total. The minimum absolute atomic E-state index is 0.111. The fraction of sp³-hybridized carbons (Fsp3) is 0.500. The van der Waals surface area contributed by atoms with Gasteiger partial charge in [0.1, 0.15) is 0 Å². The quantitative estimate of drug-likeness (QED) is 0.855. The summed E-state index contributed by atoms with van der Waals surface area (Å²) >= 11 is 0. The summed E-state index contributed by atoms with van der Waals surface area (Å²) in [4.78, 5) is 14.4. The van der Waals surface area contributed by atoms with Crippen LogP contribution in [-0.4, -0.2) is 30.4 Å². The van der Waals surface area contributed by atoms with Crippen molar-refractivity contribution >= 4 is 5.91 Å². The van der Waals surface area contributed by atoms with Crippen LogP contribution in [0.5, 0.6) is 0 Å². The fourth-order valence-electron chi connectivity index (χ4n) is 2.88. The molecule has 24 heavy (non-hydrogen) atoms. The molecule has 1 N–H and O–H groups in total. The van der Waals surface area contributed by atoms with Crippen LogP contribution in [0.3, 0.4) is 0 Å².